The number of carbonyl (C=O) groups is 2. The molecule has 0 bridgehead atoms. The summed E-state index contributed by atoms with van der Waals surface area (Å²) in [6.07, 6.45) is 3.89. The topological polar surface area (TPSA) is 61.4 Å². The first-order chi connectivity index (χ1) is 9.24. The van der Waals surface area contributed by atoms with Crippen LogP contribution in [0.15, 0.2) is 0 Å². The van der Waals surface area contributed by atoms with Gasteiger partial charge < -0.3 is 10.2 Å². The molecule has 1 saturated carbocycles. The quantitative estimate of drug-likeness (QED) is 0.799. The van der Waals surface area contributed by atoms with E-state index in [0.29, 0.717) is 0 Å². The van der Waals surface area contributed by atoms with Crippen molar-refractivity contribution in [3.05, 3.63) is 0 Å². The highest BCUT2D eigenvalue weighted by molar-refractivity contribution is 7.99. The van der Waals surface area contributed by atoms with Crippen molar-refractivity contribution in [3.63, 3.8) is 0 Å². The first kappa shape index (κ1) is 15.9. The van der Waals surface area contributed by atoms with Crippen molar-refractivity contribution >= 4 is 36.0 Å². The predicted molar refractivity (Wildman–Crippen MR) is 82.0 cm³/mol. The minimum Gasteiger partial charge on any atom is -0.353 e. The van der Waals surface area contributed by atoms with Crippen molar-refractivity contribution in [2.45, 2.75) is 37.8 Å². The third-order valence-electron chi connectivity index (χ3n) is 4.12. The van der Waals surface area contributed by atoms with Crippen LogP contribution in [-0.2, 0) is 9.59 Å². The summed E-state index contributed by atoms with van der Waals surface area (Å²) >= 11 is 1.78. The van der Waals surface area contributed by atoms with Gasteiger partial charge in [0.2, 0.25) is 11.8 Å². The van der Waals surface area contributed by atoms with Crippen LogP contribution in [0.1, 0.15) is 25.7 Å². The van der Waals surface area contributed by atoms with Crippen molar-refractivity contribution in [1.82, 2.24) is 15.5 Å². The van der Waals surface area contributed by atoms with Crippen molar-refractivity contribution < 1.29 is 9.59 Å². The molecule has 2 N–H and O–H groups in total. The van der Waals surface area contributed by atoms with Crippen LogP contribution >= 0.6 is 24.2 Å². The molecule has 5 nitrogen and oxygen atoms in total. The van der Waals surface area contributed by atoms with E-state index in [-0.39, 0.29) is 42.2 Å². The van der Waals surface area contributed by atoms with Crippen LogP contribution < -0.4 is 10.6 Å². The number of likely N-dealkylation sites (tertiary alicyclic amines) is 1. The van der Waals surface area contributed by atoms with Gasteiger partial charge in [0, 0.05) is 36.7 Å². The molecule has 1 aliphatic carbocycles. The van der Waals surface area contributed by atoms with Crippen LogP contribution in [0.2, 0.25) is 0 Å². The molecule has 2 aliphatic heterocycles. The van der Waals surface area contributed by atoms with Gasteiger partial charge >= 0.3 is 0 Å². The average molecular weight is 320 g/mol. The van der Waals surface area contributed by atoms with Gasteiger partial charge in [0.15, 0.2) is 0 Å². The summed E-state index contributed by atoms with van der Waals surface area (Å²) in [6.45, 7) is 1.55. The summed E-state index contributed by atoms with van der Waals surface area (Å²) < 4.78 is 0. The van der Waals surface area contributed by atoms with Gasteiger partial charge in [-0.1, -0.05) is 0 Å². The third kappa shape index (κ3) is 3.80. The smallest absolute Gasteiger partial charge is 0.240 e. The SMILES string of the molecule is Cl.O=C(NC1CCN(C(=O)C2CSCN2)CC1)C1CC1. The molecule has 0 spiro atoms. The molecule has 3 rings (SSSR count). The Morgan fingerprint density at radius 1 is 1.15 bits per heavy atom. The fraction of sp³-hybridized carbons (Fsp3) is 0.846. The summed E-state index contributed by atoms with van der Waals surface area (Å²) in [5, 5.41) is 6.34. The molecule has 2 amide bonds. The molecule has 7 heteroatoms. The zero-order chi connectivity index (χ0) is 13.2. The summed E-state index contributed by atoms with van der Waals surface area (Å²) in [4.78, 5) is 25.9. The van der Waals surface area contributed by atoms with E-state index in [4.69, 9.17) is 0 Å². The van der Waals surface area contributed by atoms with Crippen molar-refractivity contribution in [3.8, 4) is 0 Å². The second-order valence-electron chi connectivity index (χ2n) is 5.65. The van der Waals surface area contributed by atoms with Gasteiger partial charge in [-0.05, 0) is 25.7 Å². The number of halogens is 1. The zero-order valence-corrected chi connectivity index (χ0v) is 13.1. The van der Waals surface area contributed by atoms with Crippen LogP contribution in [0.5, 0.6) is 0 Å². The standard InChI is InChI=1S/C13H21N3O2S.ClH/c17-12(9-1-2-9)15-10-3-5-16(6-4-10)13(18)11-7-19-8-14-11;/h9-11,14H,1-8H2,(H,15,17);1H. The Bertz CT molecular complexity index is 365. The van der Waals surface area contributed by atoms with E-state index < -0.39 is 0 Å². The Hall–Kier alpha value is -0.460. The molecule has 0 aromatic rings. The van der Waals surface area contributed by atoms with Gasteiger partial charge in [-0.3, -0.25) is 14.9 Å². The molecule has 3 fully saturated rings. The first-order valence-corrected chi connectivity index (χ1v) is 8.30. The number of nitrogens with zero attached hydrogens (tertiary/aromatic N) is 1. The molecule has 3 aliphatic rings. The lowest BCUT2D eigenvalue weighted by atomic mass is 10.0. The Balaban J connectivity index is 0.00000147. The van der Waals surface area contributed by atoms with E-state index in [0.717, 1.165) is 50.4 Å². The second kappa shape index (κ2) is 7.00. The molecule has 0 aromatic heterocycles. The fourth-order valence-electron chi connectivity index (χ4n) is 2.68. The largest absolute Gasteiger partial charge is 0.353 e. The highest BCUT2D eigenvalue weighted by Gasteiger charge is 2.33. The van der Waals surface area contributed by atoms with Crippen molar-refractivity contribution in [1.29, 1.82) is 0 Å². The highest BCUT2D eigenvalue weighted by Crippen LogP contribution is 2.29. The minimum atomic E-state index is 0. The lowest BCUT2D eigenvalue weighted by Gasteiger charge is -2.33. The molecule has 2 heterocycles. The van der Waals surface area contributed by atoms with E-state index in [2.05, 4.69) is 10.6 Å². The Morgan fingerprint density at radius 2 is 1.85 bits per heavy atom. The van der Waals surface area contributed by atoms with Gasteiger partial charge in [-0.25, -0.2) is 0 Å². The van der Waals surface area contributed by atoms with Crippen LogP contribution in [0.3, 0.4) is 0 Å². The molecule has 0 aromatic carbocycles. The zero-order valence-electron chi connectivity index (χ0n) is 11.5. The van der Waals surface area contributed by atoms with E-state index >= 15 is 0 Å². The number of carbonyl (C=O) groups excluding carboxylic acids is 2. The molecule has 20 heavy (non-hydrogen) atoms. The summed E-state index contributed by atoms with van der Waals surface area (Å²) in [7, 11) is 0. The monoisotopic (exact) mass is 319 g/mol. The molecule has 1 atom stereocenters. The highest BCUT2D eigenvalue weighted by atomic mass is 35.5. The molecular weight excluding hydrogens is 298 g/mol. The summed E-state index contributed by atoms with van der Waals surface area (Å²) in [5.74, 6) is 2.50. The van der Waals surface area contributed by atoms with Gasteiger partial charge in [-0.2, -0.15) is 0 Å². The Kier molecular flexibility index (Phi) is 5.57. The summed E-state index contributed by atoms with van der Waals surface area (Å²) in [5.41, 5.74) is 0. The predicted octanol–water partition coefficient (Wildman–Crippen LogP) is 0.588. The van der Waals surface area contributed by atoms with E-state index in [1.54, 1.807) is 11.8 Å². The fourth-order valence-corrected chi connectivity index (χ4v) is 3.62. The number of piperidine rings is 1. The van der Waals surface area contributed by atoms with Crippen LogP contribution in [0.25, 0.3) is 0 Å². The number of thioether (sulfide) groups is 1. The first-order valence-electron chi connectivity index (χ1n) is 7.14. The lowest BCUT2D eigenvalue weighted by molar-refractivity contribution is -0.133. The number of rotatable bonds is 3. The van der Waals surface area contributed by atoms with E-state index in [9.17, 15) is 9.59 Å². The molecule has 1 unspecified atom stereocenters. The second-order valence-corrected chi connectivity index (χ2v) is 6.68. The van der Waals surface area contributed by atoms with E-state index in [1.807, 2.05) is 4.90 Å². The minimum absolute atomic E-state index is 0. The maximum atomic E-state index is 12.2. The maximum absolute atomic E-state index is 12.2. The lowest BCUT2D eigenvalue weighted by Crippen LogP contribution is -2.51. The maximum Gasteiger partial charge on any atom is 0.240 e. The number of hydrogen-bond acceptors (Lipinski definition) is 4. The van der Waals surface area contributed by atoms with Gasteiger partial charge in [0.05, 0.1) is 6.04 Å². The Morgan fingerprint density at radius 3 is 2.40 bits per heavy atom. The molecule has 0 radical (unpaired) electrons. The number of amides is 2. The van der Waals surface area contributed by atoms with Gasteiger partial charge in [0.25, 0.3) is 0 Å². The van der Waals surface area contributed by atoms with Crippen LogP contribution in [0.4, 0.5) is 0 Å². The van der Waals surface area contributed by atoms with Gasteiger partial charge in [0.1, 0.15) is 0 Å². The Labute approximate surface area is 130 Å². The molecular formula is C13H22ClN3O2S. The molecule has 114 valence electrons. The number of hydrogen-bond donors (Lipinski definition) is 2. The van der Waals surface area contributed by atoms with Gasteiger partial charge in [-0.15, -0.1) is 24.2 Å². The number of nitrogens with one attached hydrogen (secondary N) is 2. The third-order valence-corrected chi connectivity index (χ3v) is 5.06. The van der Waals surface area contributed by atoms with Crippen molar-refractivity contribution in [2.24, 2.45) is 5.92 Å². The van der Waals surface area contributed by atoms with Crippen LogP contribution in [0, 0.1) is 5.92 Å². The van der Waals surface area contributed by atoms with Crippen molar-refractivity contribution in [2.75, 3.05) is 24.7 Å². The van der Waals surface area contributed by atoms with Crippen LogP contribution in [-0.4, -0.2) is 53.5 Å². The molecule has 2 saturated heterocycles. The van der Waals surface area contributed by atoms with E-state index in [1.165, 1.54) is 0 Å². The normalized spacial score (nSPS) is 27.0. The average Bonchev–Trinajstić information content (AvgIpc) is 3.14. The summed E-state index contributed by atoms with van der Waals surface area (Å²) in [6, 6.07) is 0.269.